The van der Waals surface area contributed by atoms with Crippen molar-refractivity contribution in [1.82, 2.24) is 10.3 Å². The molecule has 0 bridgehead atoms. The molecule has 2 heterocycles. The molecule has 5 nitrogen and oxygen atoms in total. The number of pyridine rings is 1. The number of fused-ring (bicyclic) bond motifs is 1. The standard InChI is InChI=1S/C17H16FN3O2S/c18-12-5-3-11(4-6-12)7-9-19-15(22)10-14-16(23)21-13-2-1-8-20-17(13)24-14/h1-6,8,14H,7,9-10H2,(H,19,22)(H,21,23). The van der Waals surface area contributed by atoms with Crippen LogP contribution in [0.25, 0.3) is 0 Å². The summed E-state index contributed by atoms with van der Waals surface area (Å²) >= 11 is 1.30. The molecule has 0 radical (unpaired) electrons. The van der Waals surface area contributed by atoms with Crippen molar-refractivity contribution < 1.29 is 14.0 Å². The van der Waals surface area contributed by atoms with Crippen molar-refractivity contribution in [2.75, 3.05) is 11.9 Å². The molecule has 2 aromatic rings. The van der Waals surface area contributed by atoms with Crippen molar-refractivity contribution in [3.63, 3.8) is 0 Å². The minimum atomic E-state index is -0.488. The number of hydrogen-bond acceptors (Lipinski definition) is 4. The SMILES string of the molecule is O=C(CC1Sc2ncccc2NC1=O)NCCc1ccc(F)cc1. The second-order valence-corrected chi connectivity index (χ2v) is 6.57. The van der Waals surface area contributed by atoms with Crippen LogP contribution in [0.2, 0.25) is 0 Å². The van der Waals surface area contributed by atoms with E-state index >= 15 is 0 Å². The quantitative estimate of drug-likeness (QED) is 0.873. The van der Waals surface area contributed by atoms with E-state index in [1.807, 2.05) is 0 Å². The van der Waals surface area contributed by atoms with Crippen LogP contribution in [0.4, 0.5) is 10.1 Å². The number of rotatable bonds is 5. The van der Waals surface area contributed by atoms with E-state index in [9.17, 15) is 14.0 Å². The van der Waals surface area contributed by atoms with E-state index in [2.05, 4.69) is 15.6 Å². The molecule has 0 saturated heterocycles. The summed E-state index contributed by atoms with van der Waals surface area (Å²) in [7, 11) is 0. The molecule has 1 unspecified atom stereocenters. The highest BCUT2D eigenvalue weighted by Gasteiger charge is 2.29. The fourth-order valence-corrected chi connectivity index (χ4v) is 3.39. The van der Waals surface area contributed by atoms with Crippen LogP contribution in [0.5, 0.6) is 0 Å². The van der Waals surface area contributed by atoms with Crippen LogP contribution in [-0.2, 0) is 16.0 Å². The largest absolute Gasteiger partial charge is 0.356 e. The van der Waals surface area contributed by atoms with Crippen molar-refractivity contribution in [3.05, 3.63) is 54.0 Å². The van der Waals surface area contributed by atoms with Gasteiger partial charge in [-0.2, -0.15) is 0 Å². The number of aromatic nitrogens is 1. The predicted molar refractivity (Wildman–Crippen MR) is 90.2 cm³/mol. The van der Waals surface area contributed by atoms with Crippen molar-refractivity contribution in [3.8, 4) is 0 Å². The zero-order chi connectivity index (χ0) is 16.9. The number of carbonyl (C=O) groups excluding carboxylic acids is 2. The number of thioether (sulfide) groups is 1. The van der Waals surface area contributed by atoms with E-state index in [0.29, 0.717) is 18.7 Å². The summed E-state index contributed by atoms with van der Waals surface area (Å²) in [6.45, 7) is 0.443. The number of halogens is 1. The van der Waals surface area contributed by atoms with Crippen LogP contribution in [0, 0.1) is 5.82 Å². The second-order valence-electron chi connectivity index (χ2n) is 5.38. The van der Waals surface area contributed by atoms with E-state index in [0.717, 1.165) is 10.6 Å². The molecule has 1 aliphatic rings. The topological polar surface area (TPSA) is 71.1 Å². The third-order valence-electron chi connectivity index (χ3n) is 3.60. The van der Waals surface area contributed by atoms with Gasteiger partial charge in [0.25, 0.3) is 0 Å². The molecule has 0 spiro atoms. The van der Waals surface area contributed by atoms with Crippen LogP contribution < -0.4 is 10.6 Å². The highest BCUT2D eigenvalue weighted by molar-refractivity contribution is 8.00. The Kier molecular flexibility index (Phi) is 5.10. The van der Waals surface area contributed by atoms with Crippen molar-refractivity contribution in [1.29, 1.82) is 0 Å². The van der Waals surface area contributed by atoms with E-state index in [1.165, 1.54) is 23.9 Å². The van der Waals surface area contributed by atoms with E-state index in [4.69, 9.17) is 0 Å². The Balaban J connectivity index is 1.48. The molecular weight excluding hydrogens is 329 g/mol. The molecule has 2 amide bonds. The Morgan fingerprint density at radius 3 is 2.88 bits per heavy atom. The van der Waals surface area contributed by atoms with Gasteiger partial charge in [0.05, 0.1) is 10.9 Å². The van der Waals surface area contributed by atoms with Crippen LogP contribution in [-0.4, -0.2) is 28.6 Å². The smallest absolute Gasteiger partial charge is 0.238 e. The average Bonchev–Trinajstić information content (AvgIpc) is 2.57. The van der Waals surface area contributed by atoms with E-state index < -0.39 is 5.25 Å². The van der Waals surface area contributed by atoms with Gasteiger partial charge in [0.1, 0.15) is 10.8 Å². The summed E-state index contributed by atoms with van der Waals surface area (Å²) in [5.41, 5.74) is 1.63. The molecule has 1 atom stereocenters. The van der Waals surface area contributed by atoms with Gasteiger partial charge in [-0.25, -0.2) is 9.37 Å². The van der Waals surface area contributed by atoms with Crippen LogP contribution in [0.3, 0.4) is 0 Å². The Hall–Kier alpha value is -2.41. The van der Waals surface area contributed by atoms with Gasteiger partial charge in [0.2, 0.25) is 11.8 Å². The van der Waals surface area contributed by atoms with Gasteiger partial charge in [-0.1, -0.05) is 23.9 Å². The summed E-state index contributed by atoms with van der Waals surface area (Å²) in [4.78, 5) is 28.3. The molecule has 0 fully saturated rings. The lowest BCUT2D eigenvalue weighted by Gasteiger charge is -2.22. The number of carbonyl (C=O) groups is 2. The highest BCUT2D eigenvalue weighted by Crippen LogP contribution is 2.34. The van der Waals surface area contributed by atoms with Crippen LogP contribution in [0.1, 0.15) is 12.0 Å². The molecule has 3 rings (SSSR count). The second kappa shape index (κ2) is 7.44. The van der Waals surface area contributed by atoms with Gasteiger partial charge in [-0.15, -0.1) is 0 Å². The summed E-state index contributed by atoms with van der Waals surface area (Å²) in [6.07, 6.45) is 2.36. The first-order valence-corrected chi connectivity index (χ1v) is 8.43. The van der Waals surface area contributed by atoms with Crippen LogP contribution >= 0.6 is 11.8 Å². The minimum absolute atomic E-state index is 0.0932. The number of nitrogens with zero attached hydrogens (tertiary/aromatic N) is 1. The Morgan fingerprint density at radius 1 is 1.29 bits per heavy atom. The maximum absolute atomic E-state index is 12.8. The third kappa shape index (κ3) is 4.11. The average molecular weight is 345 g/mol. The lowest BCUT2D eigenvalue weighted by molar-refractivity contribution is -0.124. The molecule has 1 aromatic carbocycles. The Bertz CT molecular complexity index is 752. The first-order valence-electron chi connectivity index (χ1n) is 7.55. The lowest BCUT2D eigenvalue weighted by Crippen LogP contribution is -2.35. The molecule has 1 aromatic heterocycles. The van der Waals surface area contributed by atoms with Crippen molar-refractivity contribution in [2.24, 2.45) is 0 Å². The van der Waals surface area contributed by atoms with Gasteiger partial charge in [0.15, 0.2) is 0 Å². The number of amides is 2. The summed E-state index contributed by atoms with van der Waals surface area (Å²) in [6, 6.07) is 9.70. The molecule has 124 valence electrons. The normalized spacial score (nSPS) is 16.2. The Morgan fingerprint density at radius 2 is 2.08 bits per heavy atom. The maximum atomic E-state index is 12.8. The summed E-state index contributed by atoms with van der Waals surface area (Å²) in [5, 5.41) is 5.79. The van der Waals surface area contributed by atoms with Crippen molar-refractivity contribution in [2.45, 2.75) is 23.1 Å². The first-order chi connectivity index (χ1) is 11.6. The lowest BCUT2D eigenvalue weighted by atomic mass is 10.1. The third-order valence-corrected chi connectivity index (χ3v) is 4.81. The van der Waals surface area contributed by atoms with Crippen molar-refractivity contribution >= 4 is 29.3 Å². The van der Waals surface area contributed by atoms with Gasteiger partial charge in [0, 0.05) is 19.2 Å². The number of anilines is 1. The molecule has 0 saturated carbocycles. The Labute approximate surface area is 143 Å². The number of benzene rings is 1. The molecule has 7 heteroatoms. The molecule has 2 N–H and O–H groups in total. The fourth-order valence-electron chi connectivity index (χ4n) is 2.35. The van der Waals surface area contributed by atoms with E-state index in [1.54, 1.807) is 30.5 Å². The van der Waals surface area contributed by atoms with E-state index in [-0.39, 0.29) is 24.1 Å². The van der Waals surface area contributed by atoms with Gasteiger partial charge >= 0.3 is 0 Å². The molecule has 0 aliphatic carbocycles. The van der Waals surface area contributed by atoms with Gasteiger partial charge in [-0.3, -0.25) is 9.59 Å². The number of hydrogen-bond donors (Lipinski definition) is 2. The van der Waals surface area contributed by atoms with Gasteiger partial charge < -0.3 is 10.6 Å². The summed E-state index contributed by atoms with van der Waals surface area (Å²) in [5.74, 6) is -0.657. The highest BCUT2D eigenvalue weighted by atomic mass is 32.2. The molecule has 24 heavy (non-hydrogen) atoms. The maximum Gasteiger partial charge on any atom is 0.238 e. The summed E-state index contributed by atoms with van der Waals surface area (Å²) < 4.78 is 12.8. The fraction of sp³-hybridized carbons (Fsp3) is 0.235. The predicted octanol–water partition coefficient (Wildman–Crippen LogP) is 2.38. The first kappa shape index (κ1) is 16.4. The van der Waals surface area contributed by atoms with Gasteiger partial charge in [-0.05, 0) is 36.2 Å². The zero-order valence-corrected chi connectivity index (χ0v) is 13.6. The monoisotopic (exact) mass is 345 g/mol. The number of nitrogens with one attached hydrogen (secondary N) is 2. The molecular formula is C17H16FN3O2S. The van der Waals surface area contributed by atoms with Crippen LogP contribution in [0.15, 0.2) is 47.6 Å². The zero-order valence-electron chi connectivity index (χ0n) is 12.8. The minimum Gasteiger partial charge on any atom is -0.356 e. The molecule has 1 aliphatic heterocycles.